The van der Waals surface area contributed by atoms with Gasteiger partial charge in [-0.3, -0.25) is 14.4 Å². The standard InChI is InChI=1S/C17H16FN5O2/c1-3-17(13-8-20-22(2)10-13)15(24)23(16(25)21-17)9-11-4-5-14(18)6-12(11)7-19/h4-6,8,10H,3,9H2,1-2H3,(H,21,25)/t17-/m0/s1. The van der Waals surface area contributed by atoms with Crippen LogP contribution in [0.15, 0.2) is 30.6 Å². The van der Waals surface area contributed by atoms with Gasteiger partial charge in [0.25, 0.3) is 5.91 Å². The summed E-state index contributed by atoms with van der Waals surface area (Å²) in [6.45, 7) is 1.70. The first-order chi connectivity index (χ1) is 11.9. The molecule has 7 nitrogen and oxygen atoms in total. The summed E-state index contributed by atoms with van der Waals surface area (Å²) >= 11 is 0. The summed E-state index contributed by atoms with van der Waals surface area (Å²) in [6, 6.07) is 5.02. The first kappa shape index (κ1) is 16.6. The van der Waals surface area contributed by atoms with Crippen molar-refractivity contribution in [2.24, 2.45) is 7.05 Å². The molecule has 0 bridgehead atoms. The maximum atomic E-state index is 13.3. The predicted molar refractivity (Wildman–Crippen MR) is 85.4 cm³/mol. The number of imide groups is 1. The number of rotatable bonds is 4. The second-order valence-corrected chi connectivity index (χ2v) is 5.90. The molecule has 0 spiro atoms. The van der Waals surface area contributed by atoms with Crippen molar-refractivity contribution in [1.82, 2.24) is 20.0 Å². The molecule has 2 aromatic rings. The quantitative estimate of drug-likeness (QED) is 0.858. The molecule has 1 N–H and O–H groups in total. The first-order valence-corrected chi connectivity index (χ1v) is 7.73. The smallest absolute Gasteiger partial charge is 0.319 e. The molecule has 8 heteroatoms. The van der Waals surface area contributed by atoms with Crippen molar-refractivity contribution in [3.8, 4) is 6.07 Å². The highest BCUT2D eigenvalue weighted by molar-refractivity contribution is 6.07. The third-order valence-corrected chi connectivity index (χ3v) is 4.42. The number of hydrogen-bond acceptors (Lipinski definition) is 4. The van der Waals surface area contributed by atoms with Gasteiger partial charge >= 0.3 is 6.03 Å². The highest BCUT2D eigenvalue weighted by atomic mass is 19.1. The number of aromatic nitrogens is 2. The molecule has 1 fully saturated rings. The Bertz CT molecular complexity index is 901. The Hall–Kier alpha value is -3.21. The Balaban J connectivity index is 1.96. The molecule has 1 aliphatic heterocycles. The van der Waals surface area contributed by atoms with Crippen LogP contribution in [0.25, 0.3) is 0 Å². The van der Waals surface area contributed by atoms with Gasteiger partial charge in [-0.15, -0.1) is 0 Å². The number of halogens is 1. The monoisotopic (exact) mass is 341 g/mol. The van der Waals surface area contributed by atoms with Gasteiger partial charge in [0, 0.05) is 18.8 Å². The average molecular weight is 341 g/mol. The van der Waals surface area contributed by atoms with Gasteiger partial charge < -0.3 is 5.32 Å². The lowest BCUT2D eigenvalue weighted by Gasteiger charge is -2.24. The highest BCUT2D eigenvalue weighted by Crippen LogP contribution is 2.33. The Morgan fingerprint density at radius 1 is 1.40 bits per heavy atom. The average Bonchev–Trinajstić information content (AvgIpc) is 3.13. The molecule has 0 saturated carbocycles. The van der Waals surface area contributed by atoms with Gasteiger partial charge in [0.15, 0.2) is 0 Å². The summed E-state index contributed by atoms with van der Waals surface area (Å²) in [5.41, 5.74) is -0.0857. The van der Waals surface area contributed by atoms with Crippen molar-refractivity contribution >= 4 is 11.9 Å². The lowest BCUT2D eigenvalue weighted by Crippen LogP contribution is -2.43. The van der Waals surface area contributed by atoms with Crippen LogP contribution in [-0.2, 0) is 23.9 Å². The second-order valence-electron chi connectivity index (χ2n) is 5.90. The van der Waals surface area contributed by atoms with Crippen molar-refractivity contribution < 1.29 is 14.0 Å². The molecule has 0 radical (unpaired) electrons. The van der Waals surface area contributed by atoms with Crippen LogP contribution >= 0.6 is 0 Å². The molecule has 25 heavy (non-hydrogen) atoms. The second kappa shape index (κ2) is 6.02. The highest BCUT2D eigenvalue weighted by Gasteiger charge is 2.51. The molecule has 0 unspecified atom stereocenters. The lowest BCUT2D eigenvalue weighted by molar-refractivity contribution is -0.132. The third-order valence-electron chi connectivity index (χ3n) is 4.42. The Labute approximate surface area is 143 Å². The Morgan fingerprint density at radius 3 is 2.76 bits per heavy atom. The van der Waals surface area contributed by atoms with Crippen LogP contribution in [0, 0.1) is 17.1 Å². The van der Waals surface area contributed by atoms with Crippen molar-refractivity contribution in [2.75, 3.05) is 0 Å². The summed E-state index contributed by atoms with van der Waals surface area (Å²) < 4.78 is 14.8. The number of carbonyl (C=O) groups is 2. The van der Waals surface area contributed by atoms with E-state index in [4.69, 9.17) is 5.26 Å². The summed E-state index contributed by atoms with van der Waals surface area (Å²) in [7, 11) is 1.73. The molecule has 1 aliphatic rings. The minimum atomic E-state index is -1.18. The number of carbonyl (C=O) groups excluding carboxylic acids is 2. The van der Waals surface area contributed by atoms with E-state index in [2.05, 4.69) is 10.4 Å². The molecule has 0 aliphatic carbocycles. The fraction of sp³-hybridized carbons (Fsp3) is 0.294. The van der Waals surface area contributed by atoms with Gasteiger partial charge in [0.05, 0.1) is 24.4 Å². The molecule has 1 atom stereocenters. The zero-order valence-electron chi connectivity index (χ0n) is 13.8. The number of nitriles is 1. The van der Waals surface area contributed by atoms with E-state index in [1.807, 2.05) is 6.07 Å². The van der Waals surface area contributed by atoms with Crippen LogP contribution in [-0.4, -0.2) is 26.6 Å². The predicted octanol–water partition coefficient (Wildman–Crippen LogP) is 1.79. The van der Waals surface area contributed by atoms with Crippen LogP contribution in [0.2, 0.25) is 0 Å². The minimum Gasteiger partial charge on any atom is -0.319 e. The minimum absolute atomic E-state index is 0.0935. The molecule has 3 amide bonds. The van der Waals surface area contributed by atoms with Gasteiger partial charge in [-0.25, -0.2) is 9.18 Å². The largest absolute Gasteiger partial charge is 0.325 e. The number of urea groups is 1. The SMILES string of the molecule is CC[C@@]1(c2cnn(C)c2)NC(=O)N(Cc2ccc(F)cc2C#N)C1=O. The van der Waals surface area contributed by atoms with Gasteiger partial charge in [-0.2, -0.15) is 10.4 Å². The molecule has 2 heterocycles. The van der Waals surface area contributed by atoms with Crippen LogP contribution < -0.4 is 5.32 Å². The zero-order valence-corrected chi connectivity index (χ0v) is 13.8. The molecular weight excluding hydrogens is 325 g/mol. The summed E-state index contributed by atoms with van der Waals surface area (Å²) in [6.07, 6.45) is 3.59. The number of amides is 3. The van der Waals surface area contributed by atoms with Crippen molar-refractivity contribution in [3.63, 3.8) is 0 Å². The molecule has 1 saturated heterocycles. The van der Waals surface area contributed by atoms with Crippen molar-refractivity contribution in [2.45, 2.75) is 25.4 Å². The summed E-state index contributed by atoms with van der Waals surface area (Å²) in [5, 5.41) is 16.0. The van der Waals surface area contributed by atoms with Crippen molar-refractivity contribution in [3.05, 3.63) is 53.1 Å². The lowest BCUT2D eigenvalue weighted by atomic mass is 9.89. The van der Waals surface area contributed by atoms with Crippen LogP contribution in [0.4, 0.5) is 9.18 Å². The van der Waals surface area contributed by atoms with E-state index in [0.29, 0.717) is 17.5 Å². The van der Waals surface area contributed by atoms with Gasteiger partial charge in [-0.05, 0) is 24.1 Å². The number of benzene rings is 1. The molecule has 128 valence electrons. The normalized spacial score (nSPS) is 19.8. The molecule has 3 rings (SSSR count). The molecule has 1 aromatic heterocycles. The van der Waals surface area contributed by atoms with Crippen molar-refractivity contribution in [1.29, 1.82) is 5.26 Å². The van der Waals surface area contributed by atoms with Crippen LogP contribution in [0.5, 0.6) is 0 Å². The number of nitrogens with zero attached hydrogens (tertiary/aromatic N) is 4. The maximum absolute atomic E-state index is 13.3. The Kier molecular flexibility index (Phi) is 4.00. The maximum Gasteiger partial charge on any atom is 0.325 e. The number of nitrogens with one attached hydrogen (secondary N) is 1. The molecule has 1 aromatic carbocycles. The fourth-order valence-corrected chi connectivity index (χ4v) is 3.01. The number of aryl methyl sites for hydroxylation is 1. The van der Waals surface area contributed by atoms with Gasteiger partial charge in [0.1, 0.15) is 11.4 Å². The first-order valence-electron chi connectivity index (χ1n) is 7.73. The zero-order chi connectivity index (χ0) is 18.2. The van der Waals surface area contributed by atoms with E-state index in [-0.39, 0.29) is 12.1 Å². The van der Waals surface area contributed by atoms with E-state index in [1.165, 1.54) is 12.1 Å². The van der Waals surface area contributed by atoms with E-state index in [9.17, 15) is 14.0 Å². The van der Waals surface area contributed by atoms with E-state index in [1.54, 1.807) is 31.0 Å². The van der Waals surface area contributed by atoms with E-state index >= 15 is 0 Å². The van der Waals surface area contributed by atoms with Gasteiger partial charge in [-0.1, -0.05) is 13.0 Å². The topological polar surface area (TPSA) is 91.0 Å². The Morgan fingerprint density at radius 2 is 2.16 bits per heavy atom. The third kappa shape index (κ3) is 2.63. The summed E-state index contributed by atoms with van der Waals surface area (Å²) in [5.74, 6) is -0.961. The number of hydrogen-bond donors (Lipinski definition) is 1. The van der Waals surface area contributed by atoms with E-state index < -0.39 is 23.3 Å². The van der Waals surface area contributed by atoms with Gasteiger partial charge in [0.2, 0.25) is 0 Å². The van der Waals surface area contributed by atoms with E-state index in [0.717, 1.165) is 11.0 Å². The fourth-order valence-electron chi connectivity index (χ4n) is 3.01. The van der Waals surface area contributed by atoms with Crippen LogP contribution in [0.3, 0.4) is 0 Å². The molecular formula is C17H16FN5O2. The summed E-state index contributed by atoms with van der Waals surface area (Å²) in [4.78, 5) is 26.5. The van der Waals surface area contributed by atoms with Crippen LogP contribution in [0.1, 0.15) is 30.0 Å².